The van der Waals surface area contributed by atoms with E-state index >= 15 is 0 Å². The van der Waals surface area contributed by atoms with Crippen molar-refractivity contribution in [3.8, 4) is 0 Å². The summed E-state index contributed by atoms with van der Waals surface area (Å²) in [4.78, 5) is 12.7. The molecular formula is C34H55NO7. The molecule has 13 atom stereocenters. The van der Waals surface area contributed by atoms with Crippen molar-refractivity contribution < 1.29 is 34.3 Å². The smallest absolute Gasteiger partial charge is 0.407 e. The fraction of sp³-hybridized carbons (Fsp3) is 0.971. The molecule has 0 aromatic heterocycles. The standard InChI is InChI=1S/C34H55NO7/c1-18-14-20(26(36)30(4,5)39)41-25-24(18)31(6)12-13-34-17-33(34)11-10-23(42-28(38)35-19-15-40-16-19)29(2,3)21(33)8-9-22(34)32(31,7)27(25)37/h18-27,36-37,39H,8-17H2,1-7H3,(H,35,38)/t18-,20?,21+,22?,23+,24+,25?,26+,27+,31-,32-,33-,34?/m1/s1. The van der Waals surface area contributed by atoms with Gasteiger partial charge < -0.3 is 34.8 Å². The summed E-state index contributed by atoms with van der Waals surface area (Å²) >= 11 is 0. The molecule has 0 bridgehead atoms. The molecule has 4 N–H and O–H groups in total. The highest BCUT2D eigenvalue weighted by atomic mass is 16.6. The molecule has 8 heteroatoms. The molecule has 0 aromatic carbocycles. The lowest BCUT2D eigenvalue weighted by atomic mass is 9.41. The SMILES string of the molecule is C[C@@H]1CC([C@H](O)C(C)(C)O)OC2[C@H]1[C@@]1(C)CCC34C[C@@]35CC[C@H](OC(=O)NC3COC3)C(C)(C)[C@@H]5CCC4[C@]1(C)[C@H]2O. The average molecular weight is 590 g/mol. The van der Waals surface area contributed by atoms with E-state index in [1.165, 1.54) is 12.8 Å². The molecule has 0 radical (unpaired) electrons. The quantitative estimate of drug-likeness (QED) is 0.383. The minimum absolute atomic E-state index is 0.0488. The predicted molar refractivity (Wildman–Crippen MR) is 156 cm³/mol. The maximum atomic E-state index is 12.7. The first-order valence-corrected chi connectivity index (χ1v) is 16.8. The Bertz CT molecular complexity index is 1120. The van der Waals surface area contributed by atoms with Crippen LogP contribution in [0.1, 0.15) is 99.8 Å². The first-order valence-electron chi connectivity index (χ1n) is 16.8. The molecule has 7 fully saturated rings. The molecular weight excluding hydrogens is 534 g/mol. The van der Waals surface area contributed by atoms with Gasteiger partial charge in [-0.2, -0.15) is 0 Å². The summed E-state index contributed by atoms with van der Waals surface area (Å²) in [6.45, 7) is 16.1. The highest BCUT2D eigenvalue weighted by molar-refractivity contribution is 5.68. The molecule has 7 rings (SSSR count). The second-order valence-corrected chi connectivity index (χ2v) is 17.4. The highest BCUT2D eigenvalue weighted by Gasteiger charge is 2.84. The normalized spacial score (nSPS) is 53.3. The lowest BCUT2D eigenvalue weighted by molar-refractivity contribution is -0.202. The van der Waals surface area contributed by atoms with Crippen molar-refractivity contribution in [2.45, 2.75) is 142 Å². The number of hydrogen-bond donors (Lipinski definition) is 4. The lowest BCUT2D eigenvalue weighted by Gasteiger charge is -2.63. The Balaban J connectivity index is 1.14. The maximum absolute atomic E-state index is 12.7. The van der Waals surface area contributed by atoms with Gasteiger partial charge in [0.2, 0.25) is 0 Å². The molecule has 2 aliphatic heterocycles. The third kappa shape index (κ3) is 3.62. The molecule has 4 unspecified atom stereocenters. The van der Waals surface area contributed by atoms with E-state index in [0.717, 1.165) is 32.1 Å². The Morgan fingerprint density at radius 2 is 1.69 bits per heavy atom. The summed E-state index contributed by atoms with van der Waals surface area (Å²) in [5.74, 6) is 1.43. The van der Waals surface area contributed by atoms with Crippen molar-refractivity contribution in [3.63, 3.8) is 0 Å². The fourth-order valence-corrected chi connectivity index (χ4v) is 12.8. The maximum Gasteiger partial charge on any atom is 0.407 e. The van der Waals surface area contributed by atoms with Crippen LogP contribution in [-0.2, 0) is 14.2 Å². The van der Waals surface area contributed by atoms with Crippen LogP contribution in [0.4, 0.5) is 4.79 Å². The van der Waals surface area contributed by atoms with Crippen LogP contribution in [0.15, 0.2) is 0 Å². The van der Waals surface area contributed by atoms with Gasteiger partial charge in [0.05, 0.1) is 43.2 Å². The number of rotatable bonds is 4. The number of aliphatic hydroxyl groups is 3. The number of alkyl carbamates (subject to hydrolysis) is 1. The molecule has 7 aliphatic rings. The second-order valence-electron chi connectivity index (χ2n) is 17.4. The zero-order valence-electron chi connectivity index (χ0n) is 26.8. The van der Waals surface area contributed by atoms with Gasteiger partial charge in [0.1, 0.15) is 12.2 Å². The molecule has 1 amide bonds. The van der Waals surface area contributed by atoms with E-state index < -0.39 is 23.9 Å². The van der Waals surface area contributed by atoms with Crippen LogP contribution in [0.2, 0.25) is 0 Å². The second kappa shape index (κ2) is 9.08. The van der Waals surface area contributed by atoms with E-state index in [-0.39, 0.29) is 63.3 Å². The molecule has 2 saturated heterocycles. The zero-order valence-corrected chi connectivity index (χ0v) is 26.8. The minimum Gasteiger partial charge on any atom is -0.446 e. The molecule has 5 aliphatic carbocycles. The Kier molecular flexibility index (Phi) is 6.44. The number of aliphatic hydroxyl groups excluding tert-OH is 2. The van der Waals surface area contributed by atoms with Crippen molar-refractivity contribution in [2.24, 2.45) is 50.7 Å². The average Bonchev–Trinajstić information content (AvgIpc) is 3.51. The monoisotopic (exact) mass is 589 g/mol. The van der Waals surface area contributed by atoms with Crippen LogP contribution < -0.4 is 5.32 Å². The van der Waals surface area contributed by atoms with E-state index in [2.05, 4.69) is 39.9 Å². The van der Waals surface area contributed by atoms with E-state index in [1.54, 1.807) is 13.8 Å². The van der Waals surface area contributed by atoms with Gasteiger partial charge in [-0.05, 0) is 105 Å². The van der Waals surface area contributed by atoms with Crippen molar-refractivity contribution >= 4 is 6.09 Å². The number of carbonyl (C=O) groups excluding carboxylic acids is 1. The minimum atomic E-state index is -1.26. The number of amides is 1. The fourth-order valence-electron chi connectivity index (χ4n) is 12.8. The topological polar surface area (TPSA) is 117 Å². The van der Waals surface area contributed by atoms with Gasteiger partial charge in [0.25, 0.3) is 0 Å². The van der Waals surface area contributed by atoms with E-state index in [9.17, 15) is 20.1 Å². The van der Waals surface area contributed by atoms with Crippen molar-refractivity contribution in [2.75, 3.05) is 13.2 Å². The van der Waals surface area contributed by atoms with Crippen LogP contribution in [0, 0.1) is 50.7 Å². The third-order valence-electron chi connectivity index (χ3n) is 15.1. The number of ether oxygens (including phenoxy) is 3. The number of fused-ring (bicyclic) bond motifs is 4. The van der Waals surface area contributed by atoms with Crippen LogP contribution in [-0.4, -0.2) is 76.8 Å². The van der Waals surface area contributed by atoms with Crippen LogP contribution >= 0.6 is 0 Å². The van der Waals surface area contributed by atoms with Gasteiger partial charge in [-0.25, -0.2) is 4.79 Å². The third-order valence-corrected chi connectivity index (χ3v) is 15.1. The molecule has 8 nitrogen and oxygen atoms in total. The lowest BCUT2D eigenvalue weighted by Crippen LogP contribution is -2.60. The van der Waals surface area contributed by atoms with Crippen LogP contribution in [0.3, 0.4) is 0 Å². The summed E-state index contributed by atoms with van der Waals surface area (Å²) in [6, 6.07) is 0.0666. The van der Waals surface area contributed by atoms with E-state index in [4.69, 9.17) is 14.2 Å². The first-order chi connectivity index (χ1) is 19.5. The zero-order chi connectivity index (χ0) is 30.3. The summed E-state index contributed by atoms with van der Waals surface area (Å²) in [5, 5.41) is 36.8. The Morgan fingerprint density at radius 1 is 1.02 bits per heavy atom. The largest absolute Gasteiger partial charge is 0.446 e. The summed E-state index contributed by atoms with van der Waals surface area (Å²) in [5.41, 5.74) is -1.22. The van der Waals surface area contributed by atoms with Crippen molar-refractivity contribution in [1.82, 2.24) is 5.32 Å². The number of carbonyl (C=O) groups is 1. The highest BCUT2D eigenvalue weighted by Crippen LogP contribution is 2.89. The molecule has 5 saturated carbocycles. The Hall–Kier alpha value is -0.930. The van der Waals surface area contributed by atoms with Gasteiger partial charge in [-0.15, -0.1) is 0 Å². The van der Waals surface area contributed by atoms with Crippen molar-refractivity contribution in [1.29, 1.82) is 0 Å². The number of hydrogen-bond acceptors (Lipinski definition) is 7. The molecule has 238 valence electrons. The molecule has 2 spiro atoms. The number of nitrogens with one attached hydrogen (secondary N) is 1. The van der Waals surface area contributed by atoms with Gasteiger partial charge in [-0.1, -0.05) is 34.6 Å². The molecule has 2 heterocycles. The van der Waals surface area contributed by atoms with Gasteiger partial charge in [0.15, 0.2) is 0 Å². The summed E-state index contributed by atoms with van der Waals surface area (Å²) < 4.78 is 18.0. The van der Waals surface area contributed by atoms with Crippen LogP contribution in [0.25, 0.3) is 0 Å². The Labute approximate surface area is 251 Å². The van der Waals surface area contributed by atoms with Gasteiger partial charge >= 0.3 is 6.09 Å². The molecule has 0 aromatic rings. The van der Waals surface area contributed by atoms with E-state index in [0.29, 0.717) is 31.5 Å². The van der Waals surface area contributed by atoms with Crippen molar-refractivity contribution in [3.05, 3.63) is 0 Å². The van der Waals surface area contributed by atoms with Gasteiger partial charge in [-0.3, -0.25) is 0 Å². The summed E-state index contributed by atoms with van der Waals surface area (Å²) in [7, 11) is 0. The van der Waals surface area contributed by atoms with Crippen LogP contribution in [0.5, 0.6) is 0 Å². The Morgan fingerprint density at radius 3 is 2.33 bits per heavy atom. The van der Waals surface area contributed by atoms with E-state index in [1.807, 2.05) is 0 Å². The molecule has 42 heavy (non-hydrogen) atoms. The first kappa shape index (κ1) is 29.8. The summed E-state index contributed by atoms with van der Waals surface area (Å²) in [6.07, 6.45) is 5.57. The predicted octanol–water partition coefficient (Wildman–Crippen LogP) is 4.43. The van der Waals surface area contributed by atoms with Gasteiger partial charge in [0, 0.05) is 10.8 Å².